The minimum absolute atomic E-state index is 0.131. The molecule has 3 amide bonds. The van der Waals surface area contributed by atoms with Gasteiger partial charge in [0.15, 0.2) is 18.1 Å². The van der Waals surface area contributed by atoms with E-state index in [1.165, 1.54) is 25.3 Å². The first kappa shape index (κ1) is 24.1. The van der Waals surface area contributed by atoms with Crippen molar-refractivity contribution in [1.82, 2.24) is 5.43 Å². The average Bonchev–Trinajstić information content (AvgIpc) is 3.13. The van der Waals surface area contributed by atoms with Crippen molar-refractivity contribution in [3.8, 4) is 11.5 Å². The fraction of sp³-hybridized carbons (Fsp3) is 0.0800. The van der Waals surface area contributed by atoms with Crippen LogP contribution >= 0.6 is 23.2 Å². The Morgan fingerprint density at radius 3 is 2.43 bits per heavy atom. The molecular weight excluding hydrogens is 493 g/mol. The monoisotopic (exact) mass is 511 g/mol. The van der Waals surface area contributed by atoms with E-state index in [0.717, 1.165) is 5.01 Å². The van der Waals surface area contributed by atoms with E-state index in [9.17, 15) is 14.4 Å². The summed E-state index contributed by atoms with van der Waals surface area (Å²) in [5.74, 6) is -1.20. The van der Waals surface area contributed by atoms with Gasteiger partial charge in [-0.1, -0.05) is 41.4 Å². The van der Waals surface area contributed by atoms with Crippen molar-refractivity contribution in [2.45, 2.75) is 0 Å². The molecule has 1 aliphatic rings. The van der Waals surface area contributed by atoms with E-state index >= 15 is 0 Å². The Kier molecular flexibility index (Phi) is 7.24. The molecule has 0 aromatic heterocycles. The van der Waals surface area contributed by atoms with E-state index in [1.54, 1.807) is 54.6 Å². The van der Waals surface area contributed by atoms with Crippen molar-refractivity contribution in [2.24, 2.45) is 0 Å². The first-order valence-electron chi connectivity index (χ1n) is 10.3. The fourth-order valence-corrected chi connectivity index (χ4v) is 3.68. The molecule has 178 valence electrons. The third-order valence-corrected chi connectivity index (χ3v) is 5.42. The van der Waals surface area contributed by atoms with Gasteiger partial charge in [-0.15, -0.1) is 0 Å². The summed E-state index contributed by atoms with van der Waals surface area (Å²) in [7, 11) is 1.41. The SMILES string of the molecule is COc1cc(Cl)cc(/C=C2\C(=O)NN(c3ccccc3)C2=O)c1OCC(=O)Nc1ccc(Cl)cc1. The molecule has 1 saturated heterocycles. The lowest BCUT2D eigenvalue weighted by Gasteiger charge is -2.15. The number of anilines is 2. The number of nitrogens with zero attached hydrogens (tertiary/aromatic N) is 1. The number of rotatable bonds is 7. The van der Waals surface area contributed by atoms with Crippen LogP contribution < -0.4 is 25.2 Å². The molecule has 0 atom stereocenters. The number of para-hydroxylation sites is 1. The number of halogens is 2. The molecule has 0 radical (unpaired) electrons. The number of hydrogen-bond donors (Lipinski definition) is 2. The van der Waals surface area contributed by atoms with Crippen molar-refractivity contribution in [1.29, 1.82) is 0 Å². The molecule has 0 spiro atoms. The van der Waals surface area contributed by atoms with E-state index in [4.69, 9.17) is 32.7 Å². The van der Waals surface area contributed by atoms with Crippen molar-refractivity contribution in [3.05, 3.63) is 87.9 Å². The summed E-state index contributed by atoms with van der Waals surface area (Å²) < 4.78 is 11.1. The van der Waals surface area contributed by atoms with Crippen LogP contribution in [0, 0.1) is 0 Å². The molecule has 8 nitrogen and oxygen atoms in total. The Balaban J connectivity index is 1.59. The first-order valence-corrected chi connectivity index (χ1v) is 11.1. The van der Waals surface area contributed by atoms with Gasteiger partial charge in [0.2, 0.25) is 0 Å². The Morgan fingerprint density at radius 1 is 1.03 bits per heavy atom. The Labute approximate surface area is 211 Å². The first-order chi connectivity index (χ1) is 16.9. The van der Waals surface area contributed by atoms with Crippen LogP contribution in [0.15, 0.2) is 72.3 Å². The Hall–Kier alpha value is -4.01. The molecule has 0 saturated carbocycles. The molecule has 3 aromatic rings. The number of carbonyl (C=O) groups is 3. The van der Waals surface area contributed by atoms with Gasteiger partial charge in [-0.25, -0.2) is 5.01 Å². The maximum atomic E-state index is 13.0. The third-order valence-electron chi connectivity index (χ3n) is 4.95. The molecule has 2 N–H and O–H groups in total. The molecule has 1 fully saturated rings. The molecule has 0 aliphatic carbocycles. The second-order valence-electron chi connectivity index (χ2n) is 7.35. The minimum atomic E-state index is -0.593. The predicted octanol–water partition coefficient (Wildman–Crippen LogP) is 4.48. The molecule has 0 unspecified atom stereocenters. The van der Waals surface area contributed by atoms with Crippen LogP contribution in [0.2, 0.25) is 10.0 Å². The lowest BCUT2D eigenvalue weighted by atomic mass is 10.1. The van der Waals surface area contributed by atoms with Gasteiger partial charge in [0.25, 0.3) is 17.7 Å². The number of benzene rings is 3. The molecule has 1 heterocycles. The molecule has 35 heavy (non-hydrogen) atoms. The summed E-state index contributed by atoms with van der Waals surface area (Å²) in [6.07, 6.45) is 1.35. The summed E-state index contributed by atoms with van der Waals surface area (Å²) in [5, 5.41) is 4.67. The smallest absolute Gasteiger partial charge is 0.282 e. The van der Waals surface area contributed by atoms with E-state index in [2.05, 4.69) is 10.7 Å². The number of nitrogens with one attached hydrogen (secondary N) is 2. The minimum Gasteiger partial charge on any atom is -0.493 e. The van der Waals surface area contributed by atoms with Crippen LogP contribution in [0.5, 0.6) is 11.5 Å². The summed E-state index contributed by atoms with van der Waals surface area (Å²) in [4.78, 5) is 38.0. The van der Waals surface area contributed by atoms with E-state index in [1.807, 2.05) is 0 Å². The Morgan fingerprint density at radius 2 is 1.74 bits per heavy atom. The van der Waals surface area contributed by atoms with Crippen molar-refractivity contribution in [2.75, 3.05) is 24.0 Å². The average molecular weight is 512 g/mol. The lowest BCUT2D eigenvalue weighted by molar-refractivity contribution is -0.118. The largest absolute Gasteiger partial charge is 0.493 e. The number of hydrazine groups is 1. The zero-order valence-corrected chi connectivity index (χ0v) is 19.9. The van der Waals surface area contributed by atoms with Crippen LogP contribution in [-0.4, -0.2) is 31.4 Å². The van der Waals surface area contributed by atoms with Gasteiger partial charge < -0.3 is 14.8 Å². The van der Waals surface area contributed by atoms with Crippen molar-refractivity contribution >= 4 is 58.4 Å². The quantitative estimate of drug-likeness (QED) is 0.360. The third kappa shape index (κ3) is 5.56. The second-order valence-corrected chi connectivity index (χ2v) is 8.22. The summed E-state index contributed by atoms with van der Waals surface area (Å²) in [6, 6.07) is 18.3. The summed E-state index contributed by atoms with van der Waals surface area (Å²) >= 11 is 12.1. The van der Waals surface area contributed by atoms with Crippen LogP contribution in [0.4, 0.5) is 11.4 Å². The predicted molar refractivity (Wildman–Crippen MR) is 134 cm³/mol. The molecule has 1 aliphatic heterocycles. The highest BCUT2D eigenvalue weighted by atomic mass is 35.5. The van der Waals surface area contributed by atoms with Gasteiger partial charge in [0, 0.05) is 27.4 Å². The summed E-state index contributed by atoms with van der Waals surface area (Å²) in [6.45, 7) is -0.368. The van der Waals surface area contributed by atoms with Gasteiger partial charge >= 0.3 is 0 Å². The molecular formula is C25H19Cl2N3O5. The molecule has 3 aromatic carbocycles. The van der Waals surface area contributed by atoms with Gasteiger partial charge in [0.1, 0.15) is 5.57 Å². The number of amides is 3. The number of methoxy groups -OCH3 is 1. The normalized spacial score (nSPS) is 14.1. The van der Waals surface area contributed by atoms with Crippen LogP contribution in [0.25, 0.3) is 6.08 Å². The highest BCUT2D eigenvalue weighted by Gasteiger charge is 2.34. The highest BCUT2D eigenvalue weighted by molar-refractivity contribution is 6.33. The van der Waals surface area contributed by atoms with E-state index < -0.39 is 17.7 Å². The maximum absolute atomic E-state index is 13.0. The summed E-state index contributed by atoms with van der Waals surface area (Å²) in [5.41, 5.74) is 3.75. The zero-order valence-electron chi connectivity index (χ0n) is 18.4. The van der Waals surface area contributed by atoms with Crippen molar-refractivity contribution < 1.29 is 23.9 Å². The topological polar surface area (TPSA) is 97.0 Å². The molecule has 10 heteroatoms. The second kappa shape index (κ2) is 10.5. The zero-order chi connectivity index (χ0) is 24.9. The van der Waals surface area contributed by atoms with Crippen LogP contribution in [-0.2, 0) is 14.4 Å². The van der Waals surface area contributed by atoms with Gasteiger partial charge in [-0.2, -0.15) is 0 Å². The molecule has 4 rings (SSSR count). The van der Waals surface area contributed by atoms with Crippen LogP contribution in [0.1, 0.15) is 5.56 Å². The number of hydrogen-bond acceptors (Lipinski definition) is 5. The van der Waals surface area contributed by atoms with E-state index in [0.29, 0.717) is 22.0 Å². The maximum Gasteiger partial charge on any atom is 0.282 e. The standard InChI is InChI=1S/C25H19Cl2N3O5/c1-34-21-13-17(27)11-15(23(21)35-14-22(31)28-18-9-7-16(26)8-10-18)12-20-24(32)29-30(25(20)33)19-5-3-2-4-6-19/h2-13H,14H2,1H3,(H,28,31)(H,29,32)/b20-12+. The van der Waals surface area contributed by atoms with E-state index in [-0.39, 0.29) is 28.7 Å². The van der Waals surface area contributed by atoms with Gasteiger partial charge in [-0.05, 0) is 48.5 Å². The number of carbonyl (C=O) groups excluding carboxylic acids is 3. The van der Waals surface area contributed by atoms with Gasteiger partial charge in [0.05, 0.1) is 12.8 Å². The lowest BCUT2D eigenvalue weighted by Crippen LogP contribution is -2.35. The fourth-order valence-electron chi connectivity index (χ4n) is 3.34. The van der Waals surface area contributed by atoms with Crippen molar-refractivity contribution in [3.63, 3.8) is 0 Å². The van der Waals surface area contributed by atoms with Gasteiger partial charge in [-0.3, -0.25) is 19.8 Å². The Bertz CT molecular complexity index is 1310. The highest BCUT2D eigenvalue weighted by Crippen LogP contribution is 2.37. The number of ether oxygens (including phenoxy) is 2. The van der Waals surface area contributed by atoms with Crippen LogP contribution in [0.3, 0.4) is 0 Å². The molecule has 0 bridgehead atoms.